The number of carbonyl (C=O) groups excluding carboxylic acids is 2. The van der Waals surface area contributed by atoms with Gasteiger partial charge in [0, 0.05) is 25.1 Å². The largest absolute Gasteiger partial charge is 0.347 e. The summed E-state index contributed by atoms with van der Waals surface area (Å²) < 4.78 is 0.765. The minimum absolute atomic E-state index is 0.0740. The summed E-state index contributed by atoms with van der Waals surface area (Å²) in [5.74, 6) is -0.191. The Hall–Kier alpha value is -1.36. The van der Waals surface area contributed by atoms with Gasteiger partial charge < -0.3 is 9.80 Å². The second-order valence-corrected chi connectivity index (χ2v) is 5.85. The maximum absolute atomic E-state index is 12.6. The SMILES string of the molecule is CCCN(CC(=O)N(C)C)C(=O)c1ccc(C)cc1Br. The van der Waals surface area contributed by atoms with Crippen LogP contribution in [0.4, 0.5) is 0 Å². The molecule has 20 heavy (non-hydrogen) atoms. The molecule has 0 aliphatic carbocycles. The van der Waals surface area contributed by atoms with Gasteiger partial charge in [-0.1, -0.05) is 13.0 Å². The quantitative estimate of drug-likeness (QED) is 0.826. The van der Waals surface area contributed by atoms with Crippen molar-refractivity contribution < 1.29 is 9.59 Å². The van der Waals surface area contributed by atoms with Gasteiger partial charge in [0.15, 0.2) is 0 Å². The summed E-state index contributed by atoms with van der Waals surface area (Å²) in [6.45, 7) is 4.64. The fourth-order valence-electron chi connectivity index (χ4n) is 1.79. The zero-order valence-corrected chi connectivity index (χ0v) is 14.0. The zero-order valence-electron chi connectivity index (χ0n) is 12.4. The van der Waals surface area contributed by atoms with E-state index in [0.717, 1.165) is 16.5 Å². The van der Waals surface area contributed by atoms with Crippen LogP contribution in [0.3, 0.4) is 0 Å². The minimum atomic E-state index is -0.117. The summed E-state index contributed by atoms with van der Waals surface area (Å²) in [6.07, 6.45) is 0.815. The Bertz CT molecular complexity index is 501. The normalized spacial score (nSPS) is 10.2. The molecule has 1 aromatic carbocycles. The maximum Gasteiger partial charge on any atom is 0.255 e. The number of carbonyl (C=O) groups is 2. The van der Waals surface area contributed by atoms with Crippen LogP contribution in [0.15, 0.2) is 22.7 Å². The van der Waals surface area contributed by atoms with Crippen LogP contribution in [0.25, 0.3) is 0 Å². The van der Waals surface area contributed by atoms with Crippen LogP contribution >= 0.6 is 15.9 Å². The van der Waals surface area contributed by atoms with Crippen molar-refractivity contribution >= 4 is 27.7 Å². The van der Waals surface area contributed by atoms with Crippen LogP contribution < -0.4 is 0 Å². The molecule has 5 heteroatoms. The topological polar surface area (TPSA) is 40.6 Å². The Balaban J connectivity index is 2.96. The third kappa shape index (κ3) is 4.34. The standard InChI is InChI=1S/C15H21BrN2O2/c1-5-8-18(10-14(19)17(3)4)15(20)12-7-6-11(2)9-13(12)16/h6-7,9H,5,8,10H2,1-4H3. The van der Waals surface area contributed by atoms with Gasteiger partial charge in [0.05, 0.1) is 5.56 Å². The first kappa shape index (κ1) is 16.7. The van der Waals surface area contributed by atoms with Crippen LogP contribution in [0.1, 0.15) is 29.3 Å². The fraction of sp³-hybridized carbons (Fsp3) is 0.467. The van der Waals surface area contributed by atoms with Crippen molar-refractivity contribution in [2.24, 2.45) is 0 Å². The number of hydrogen-bond donors (Lipinski definition) is 0. The van der Waals surface area contributed by atoms with Crippen LogP contribution in [0, 0.1) is 6.92 Å². The summed E-state index contributed by atoms with van der Waals surface area (Å²) in [5.41, 5.74) is 1.68. The fourth-order valence-corrected chi connectivity index (χ4v) is 2.45. The number of halogens is 1. The molecule has 0 atom stereocenters. The number of nitrogens with zero attached hydrogens (tertiary/aromatic N) is 2. The highest BCUT2D eigenvalue weighted by molar-refractivity contribution is 9.10. The molecule has 0 aromatic heterocycles. The van der Waals surface area contributed by atoms with E-state index >= 15 is 0 Å². The van der Waals surface area contributed by atoms with Crippen molar-refractivity contribution in [1.82, 2.24) is 9.80 Å². The molecule has 0 aliphatic rings. The number of aryl methyl sites for hydroxylation is 1. The Morgan fingerprint density at radius 3 is 2.40 bits per heavy atom. The molecule has 0 saturated heterocycles. The smallest absolute Gasteiger partial charge is 0.255 e. The van der Waals surface area contributed by atoms with Crippen molar-refractivity contribution in [2.45, 2.75) is 20.3 Å². The second-order valence-electron chi connectivity index (χ2n) is 5.00. The van der Waals surface area contributed by atoms with E-state index in [1.54, 1.807) is 25.1 Å². The van der Waals surface area contributed by atoms with Crippen LogP contribution in [0.2, 0.25) is 0 Å². The zero-order chi connectivity index (χ0) is 15.3. The Kier molecular flexibility index (Phi) is 6.20. The van der Waals surface area contributed by atoms with Crippen molar-refractivity contribution in [3.8, 4) is 0 Å². The van der Waals surface area contributed by atoms with Crippen molar-refractivity contribution in [3.05, 3.63) is 33.8 Å². The highest BCUT2D eigenvalue weighted by Crippen LogP contribution is 2.20. The van der Waals surface area contributed by atoms with Gasteiger partial charge in [-0.05, 0) is 47.0 Å². The van der Waals surface area contributed by atoms with Crippen LogP contribution in [-0.4, -0.2) is 48.8 Å². The van der Waals surface area contributed by atoms with Gasteiger partial charge in [0.2, 0.25) is 5.91 Å². The van der Waals surface area contributed by atoms with E-state index in [0.29, 0.717) is 12.1 Å². The molecular formula is C15H21BrN2O2. The first-order chi connectivity index (χ1) is 9.36. The van der Waals surface area contributed by atoms with E-state index in [9.17, 15) is 9.59 Å². The van der Waals surface area contributed by atoms with Crippen LogP contribution in [-0.2, 0) is 4.79 Å². The van der Waals surface area contributed by atoms with Gasteiger partial charge in [0.25, 0.3) is 5.91 Å². The molecule has 0 saturated carbocycles. The molecule has 0 aliphatic heterocycles. The first-order valence-corrected chi connectivity index (χ1v) is 7.41. The van der Waals surface area contributed by atoms with Crippen molar-refractivity contribution in [3.63, 3.8) is 0 Å². The lowest BCUT2D eigenvalue weighted by Gasteiger charge is -2.24. The molecule has 0 radical (unpaired) electrons. The molecule has 2 amide bonds. The highest BCUT2D eigenvalue weighted by atomic mass is 79.9. The molecule has 1 aromatic rings. The summed E-state index contributed by atoms with van der Waals surface area (Å²) in [4.78, 5) is 27.5. The molecule has 0 fully saturated rings. The van der Waals surface area contributed by atoms with Crippen molar-refractivity contribution in [1.29, 1.82) is 0 Å². The van der Waals surface area contributed by atoms with Gasteiger partial charge in [0.1, 0.15) is 6.54 Å². The van der Waals surface area contributed by atoms with E-state index < -0.39 is 0 Å². The molecule has 0 unspecified atom stereocenters. The monoisotopic (exact) mass is 340 g/mol. The van der Waals surface area contributed by atoms with Gasteiger partial charge in [-0.2, -0.15) is 0 Å². The van der Waals surface area contributed by atoms with Gasteiger partial charge in [-0.15, -0.1) is 0 Å². The Morgan fingerprint density at radius 1 is 1.25 bits per heavy atom. The van der Waals surface area contributed by atoms with E-state index in [2.05, 4.69) is 15.9 Å². The summed E-state index contributed by atoms with van der Waals surface area (Å²) in [7, 11) is 3.39. The molecular weight excluding hydrogens is 320 g/mol. The number of benzene rings is 1. The van der Waals surface area contributed by atoms with E-state index in [1.165, 1.54) is 4.90 Å². The lowest BCUT2D eigenvalue weighted by Crippen LogP contribution is -2.40. The Labute approximate surface area is 128 Å². The summed E-state index contributed by atoms with van der Waals surface area (Å²) in [6, 6.07) is 5.60. The third-order valence-corrected chi connectivity index (χ3v) is 3.62. The average molecular weight is 341 g/mol. The van der Waals surface area contributed by atoms with E-state index in [-0.39, 0.29) is 18.4 Å². The number of amides is 2. The van der Waals surface area contributed by atoms with Crippen LogP contribution in [0.5, 0.6) is 0 Å². The molecule has 110 valence electrons. The third-order valence-electron chi connectivity index (χ3n) is 2.96. The average Bonchev–Trinajstić information content (AvgIpc) is 2.37. The lowest BCUT2D eigenvalue weighted by molar-refractivity contribution is -0.129. The molecule has 4 nitrogen and oxygen atoms in total. The molecule has 0 N–H and O–H groups in total. The maximum atomic E-state index is 12.6. The summed E-state index contributed by atoms with van der Waals surface area (Å²) in [5, 5.41) is 0. The number of likely N-dealkylation sites (N-methyl/N-ethyl adjacent to an activating group) is 1. The van der Waals surface area contributed by atoms with E-state index in [1.807, 2.05) is 26.0 Å². The minimum Gasteiger partial charge on any atom is -0.347 e. The highest BCUT2D eigenvalue weighted by Gasteiger charge is 2.20. The van der Waals surface area contributed by atoms with Gasteiger partial charge in [-0.3, -0.25) is 9.59 Å². The molecule has 0 bridgehead atoms. The number of rotatable bonds is 5. The predicted octanol–water partition coefficient (Wildman–Crippen LogP) is 2.70. The lowest BCUT2D eigenvalue weighted by atomic mass is 10.1. The summed E-state index contributed by atoms with van der Waals surface area (Å²) >= 11 is 3.42. The molecule has 0 spiro atoms. The number of hydrogen-bond acceptors (Lipinski definition) is 2. The van der Waals surface area contributed by atoms with E-state index in [4.69, 9.17) is 0 Å². The molecule has 1 rings (SSSR count). The van der Waals surface area contributed by atoms with Gasteiger partial charge in [-0.25, -0.2) is 0 Å². The van der Waals surface area contributed by atoms with Gasteiger partial charge >= 0.3 is 0 Å². The molecule has 0 heterocycles. The van der Waals surface area contributed by atoms with Crippen molar-refractivity contribution in [2.75, 3.05) is 27.2 Å². The first-order valence-electron chi connectivity index (χ1n) is 6.62. The predicted molar refractivity (Wildman–Crippen MR) is 83.8 cm³/mol. The second kappa shape index (κ2) is 7.43. The Morgan fingerprint density at radius 2 is 1.90 bits per heavy atom.